The van der Waals surface area contributed by atoms with E-state index in [2.05, 4.69) is 50.0 Å². The van der Waals surface area contributed by atoms with Crippen molar-refractivity contribution < 1.29 is 0 Å². The van der Waals surface area contributed by atoms with Crippen molar-refractivity contribution in [2.24, 2.45) is 5.92 Å². The Balaban J connectivity index is 1.85. The lowest BCUT2D eigenvalue weighted by molar-refractivity contribution is 0.147. The van der Waals surface area contributed by atoms with Crippen LogP contribution in [0.4, 0.5) is 0 Å². The Hall–Kier alpha value is -0.380. The van der Waals surface area contributed by atoms with Crippen molar-refractivity contribution in [2.45, 2.75) is 59.0 Å². The molecule has 3 unspecified atom stereocenters. The Kier molecular flexibility index (Phi) is 6.06. The minimum Gasteiger partial charge on any atom is -0.307 e. The van der Waals surface area contributed by atoms with Crippen molar-refractivity contribution in [1.82, 2.24) is 10.2 Å². The van der Waals surface area contributed by atoms with E-state index in [-0.39, 0.29) is 0 Å². The second-order valence-corrected chi connectivity index (χ2v) is 7.65. The second-order valence-electron chi connectivity index (χ2n) is 6.33. The van der Waals surface area contributed by atoms with Gasteiger partial charge in [-0.1, -0.05) is 6.92 Å². The molecule has 2 rings (SSSR count). The maximum atomic E-state index is 3.83. The summed E-state index contributed by atoms with van der Waals surface area (Å²) < 4.78 is 0. The van der Waals surface area contributed by atoms with Crippen molar-refractivity contribution in [3.05, 3.63) is 21.9 Å². The first-order chi connectivity index (χ1) is 9.60. The zero-order chi connectivity index (χ0) is 14.5. The summed E-state index contributed by atoms with van der Waals surface area (Å²) in [5, 5.41) is 3.83. The van der Waals surface area contributed by atoms with Gasteiger partial charge in [0.2, 0.25) is 0 Å². The molecule has 1 aliphatic heterocycles. The van der Waals surface area contributed by atoms with Crippen LogP contribution in [0.5, 0.6) is 0 Å². The average Bonchev–Trinajstić information content (AvgIpc) is 2.86. The van der Waals surface area contributed by atoms with Crippen LogP contribution >= 0.6 is 11.3 Å². The van der Waals surface area contributed by atoms with Crippen molar-refractivity contribution >= 4 is 11.3 Å². The summed E-state index contributed by atoms with van der Waals surface area (Å²) >= 11 is 1.92. The second kappa shape index (κ2) is 7.58. The molecule has 3 atom stereocenters. The highest BCUT2D eigenvalue weighted by Crippen LogP contribution is 2.25. The maximum absolute atomic E-state index is 3.83. The molecule has 0 amide bonds. The quantitative estimate of drug-likeness (QED) is 0.845. The van der Waals surface area contributed by atoms with Crippen molar-refractivity contribution in [2.75, 3.05) is 19.6 Å². The molecule has 1 N–H and O–H groups in total. The SMILES string of the molecule is CCCN1CCCC(C(C)NC(C)c2ccc(C)s2)C1. The van der Waals surface area contributed by atoms with Crippen LogP contribution in [-0.4, -0.2) is 30.6 Å². The van der Waals surface area contributed by atoms with Crippen LogP contribution in [-0.2, 0) is 0 Å². The van der Waals surface area contributed by atoms with Gasteiger partial charge in [0.25, 0.3) is 0 Å². The van der Waals surface area contributed by atoms with Crippen LogP contribution in [0.15, 0.2) is 12.1 Å². The topological polar surface area (TPSA) is 15.3 Å². The van der Waals surface area contributed by atoms with Crippen LogP contribution in [0.2, 0.25) is 0 Å². The number of likely N-dealkylation sites (tertiary alicyclic amines) is 1. The fraction of sp³-hybridized carbons (Fsp3) is 0.765. The third kappa shape index (κ3) is 4.31. The monoisotopic (exact) mass is 294 g/mol. The Labute approximate surface area is 128 Å². The van der Waals surface area contributed by atoms with Crippen molar-refractivity contribution in [3.8, 4) is 0 Å². The van der Waals surface area contributed by atoms with Crippen LogP contribution < -0.4 is 5.32 Å². The molecule has 2 nitrogen and oxygen atoms in total. The summed E-state index contributed by atoms with van der Waals surface area (Å²) in [7, 11) is 0. The predicted molar refractivity (Wildman–Crippen MR) is 89.5 cm³/mol. The molecule has 0 aliphatic carbocycles. The number of piperidine rings is 1. The molecule has 3 heteroatoms. The van der Waals surface area contributed by atoms with Gasteiger partial charge in [0.05, 0.1) is 0 Å². The van der Waals surface area contributed by atoms with Gasteiger partial charge in [-0.2, -0.15) is 0 Å². The minimum atomic E-state index is 0.477. The Bertz CT molecular complexity index is 399. The summed E-state index contributed by atoms with van der Waals surface area (Å²) in [6.45, 7) is 13.0. The molecule has 0 bridgehead atoms. The molecule has 1 saturated heterocycles. The highest BCUT2D eigenvalue weighted by molar-refractivity contribution is 7.12. The van der Waals surface area contributed by atoms with Crippen molar-refractivity contribution in [3.63, 3.8) is 0 Å². The third-order valence-corrected chi connectivity index (χ3v) is 5.67. The van der Waals surface area contributed by atoms with Gasteiger partial charge in [0.1, 0.15) is 0 Å². The number of nitrogens with zero attached hydrogens (tertiary/aromatic N) is 1. The normalized spacial score (nSPS) is 23.7. The lowest BCUT2D eigenvalue weighted by Gasteiger charge is -2.37. The molecule has 0 saturated carbocycles. The first-order valence-corrected chi connectivity index (χ1v) is 8.96. The van der Waals surface area contributed by atoms with Gasteiger partial charge in [-0.05, 0) is 71.2 Å². The lowest BCUT2D eigenvalue weighted by Crippen LogP contribution is -2.45. The van der Waals surface area contributed by atoms with Crippen LogP contribution in [0.3, 0.4) is 0 Å². The molecule has 1 aromatic heterocycles. The van der Waals surface area contributed by atoms with Gasteiger partial charge in [0.15, 0.2) is 0 Å². The van der Waals surface area contributed by atoms with Gasteiger partial charge < -0.3 is 10.2 Å². The Morgan fingerprint density at radius 2 is 2.20 bits per heavy atom. The highest BCUT2D eigenvalue weighted by atomic mass is 32.1. The van der Waals surface area contributed by atoms with E-state index in [1.54, 1.807) is 0 Å². The van der Waals surface area contributed by atoms with Gasteiger partial charge in [0, 0.05) is 28.4 Å². The number of nitrogens with one attached hydrogen (secondary N) is 1. The van der Waals surface area contributed by atoms with E-state index < -0.39 is 0 Å². The van der Waals surface area contributed by atoms with E-state index in [1.807, 2.05) is 11.3 Å². The Morgan fingerprint density at radius 1 is 1.40 bits per heavy atom. The van der Waals surface area contributed by atoms with Gasteiger partial charge in [-0.15, -0.1) is 11.3 Å². The standard InChI is InChI=1S/C17H30N2S/c1-5-10-19-11-6-7-16(12-19)14(3)18-15(4)17-9-8-13(2)20-17/h8-9,14-16,18H,5-7,10-12H2,1-4H3. The smallest absolute Gasteiger partial charge is 0.0388 e. The molecule has 114 valence electrons. The predicted octanol–water partition coefficient (Wildman–Crippen LogP) is 4.22. The molecule has 2 heterocycles. The molecule has 1 fully saturated rings. The third-order valence-electron chi connectivity index (χ3n) is 4.49. The molecule has 20 heavy (non-hydrogen) atoms. The fourth-order valence-electron chi connectivity index (χ4n) is 3.32. The highest BCUT2D eigenvalue weighted by Gasteiger charge is 2.25. The number of hydrogen-bond donors (Lipinski definition) is 1. The van der Waals surface area contributed by atoms with E-state index in [1.165, 1.54) is 48.7 Å². The number of aryl methyl sites for hydroxylation is 1. The maximum Gasteiger partial charge on any atom is 0.0388 e. The number of rotatable bonds is 6. The zero-order valence-corrected chi connectivity index (χ0v) is 14.3. The van der Waals surface area contributed by atoms with E-state index in [4.69, 9.17) is 0 Å². The number of thiophene rings is 1. The summed E-state index contributed by atoms with van der Waals surface area (Å²) in [6, 6.07) is 5.58. The van der Waals surface area contributed by atoms with Gasteiger partial charge >= 0.3 is 0 Å². The van der Waals surface area contributed by atoms with Crippen LogP contribution in [0.25, 0.3) is 0 Å². The van der Waals surface area contributed by atoms with Gasteiger partial charge in [-0.3, -0.25) is 0 Å². The van der Waals surface area contributed by atoms with Crippen LogP contribution in [0.1, 0.15) is 55.8 Å². The molecular weight excluding hydrogens is 264 g/mol. The van der Waals surface area contributed by atoms with E-state index >= 15 is 0 Å². The minimum absolute atomic E-state index is 0.477. The first kappa shape index (κ1) is 16.0. The van der Waals surface area contributed by atoms with E-state index in [0.717, 1.165) is 5.92 Å². The molecule has 1 aromatic rings. The first-order valence-electron chi connectivity index (χ1n) is 8.15. The molecule has 0 aromatic carbocycles. The fourth-order valence-corrected chi connectivity index (χ4v) is 4.21. The summed E-state index contributed by atoms with van der Waals surface area (Å²) in [4.78, 5) is 5.52. The molecule has 1 aliphatic rings. The summed E-state index contributed by atoms with van der Waals surface area (Å²) in [5.74, 6) is 0.804. The lowest BCUT2D eigenvalue weighted by atomic mass is 9.91. The number of hydrogen-bond acceptors (Lipinski definition) is 3. The van der Waals surface area contributed by atoms with E-state index in [9.17, 15) is 0 Å². The van der Waals surface area contributed by atoms with Crippen LogP contribution in [0, 0.1) is 12.8 Å². The van der Waals surface area contributed by atoms with E-state index in [0.29, 0.717) is 12.1 Å². The largest absolute Gasteiger partial charge is 0.307 e. The molecule has 0 spiro atoms. The van der Waals surface area contributed by atoms with Gasteiger partial charge in [-0.25, -0.2) is 0 Å². The van der Waals surface area contributed by atoms with Crippen molar-refractivity contribution in [1.29, 1.82) is 0 Å². The molecular formula is C17H30N2S. The zero-order valence-electron chi connectivity index (χ0n) is 13.5. The average molecular weight is 295 g/mol. The Morgan fingerprint density at radius 3 is 2.85 bits per heavy atom. The molecule has 0 radical (unpaired) electrons. The summed E-state index contributed by atoms with van der Waals surface area (Å²) in [6.07, 6.45) is 4.02. The summed E-state index contributed by atoms with van der Waals surface area (Å²) in [5.41, 5.74) is 0.